The summed E-state index contributed by atoms with van der Waals surface area (Å²) in [6, 6.07) is 1.77. The van der Waals surface area contributed by atoms with Crippen LogP contribution in [0.1, 0.15) is 12.6 Å². The van der Waals surface area contributed by atoms with Crippen LogP contribution in [0.2, 0.25) is 0 Å². The van der Waals surface area contributed by atoms with E-state index in [9.17, 15) is 8.42 Å². The molecule has 86 valence electrons. The first-order chi connectivity index (χ1) is 6.78. The summed E-state index contributed by atoms with van der Waals surface area (Å²) in [5.41, 5.74) is 6.48. The average molecular weight is 231 g/mol. The number of nitrogen functional groups attached to an aromatic ring is 1. The molecular formula is C9H17N3O2S. The van der Waals surface area contributed by atoms with E-state index in [4.69, 9.17) is 5.73 Å². The fraction of sp³-hybridized carbons (Fsp3) is 0.667. The molecule has 0 aliphatic heterocycles. The highest BCUT2D eigenvalue weighted by Crippen LogP contribution is 2.09. The van der Waals surface area contributed by atoms with Gasteiger partial charge in [-0.1, -0.05) is 6.92 Å². The van der Waals surface area contributed by atoms with E-state index in [-0.39, 0.29) is 11.7 Å². The van der Waals surface area contributed by atoms with E-state index in [2.05, 4.69) is 5.10 Å². The summed E-state index contributed by atoms with van der Waals surface area (Å²) in [7, 11) is -2.92. The van der Waals surface area contributed by atoms with E-state index < -0.39 is 9.84 Å². The van der Waals surface area contributed by atoms with Crippen LogP contribution in [0, 0.1) is 12.8 Å². The minimum absolute atomic E-state index is 0.0398. The van der Waals surface area contributed by atoms with Crippen molar-refractivity contribution in [2.75, 3.05) is 17.7 Å². The number of hydrogen-bond acceptors (Lipinski definition) is 4. The molecule has 0 bridgehead atoms. The van der Waals surface area contributed by atoms with Crippen molar-refractivity contribution in [2.45, 2.75) is 20.4 Å². The van der Waals surface area contributed by atoms with Gasteiger partial charge in [-0.15, -0.1) is 0 Å². The molecule has 6 heteroatoms. The van der Waals surface area contributed by atoms with Crippen LogP contribution in [-0.2, 0) is 16.4 Å². The predicted molar refractivity (Wildman–Crippen MR) is 60.3 cm³/mol. The number of aryl methyl sites for hydroxylation is 1. The van der Waals surface area contributed by atoms with Crippen molar-refractivity contribution in [2.24, 2.45) is 5.92 Å². The van der Waals surface area contributed by atoms with Gasteiger partial charge in [0.05, 0.1) is 5.75 Å². The third-order valence-corrected chi connectivity index (χ3v) is 3.25. The minimum atomic E-state index is -2.92. The Morgan fingerprint density at radius 3 is 2.60 bits per heavy atom. The fourth-order valence-corrected chi connectivity index (χ4v) is 2.72. The molecule has 0 spiro atoms. The third kappa shape index (κ3) is 3.91. The molecule has 1 atom stereocenters. The van der Waals surface area contributed by atoms with Crippen molar-refractivity contribution in [3.8, 4) is 0 Å². The quantitative estimate of drug-likeness (QED) is 0.816. The van der Waals surface area contributed by atoms with Crippen molar-refractivity contribution in [3.63, 3.8) is 0 Å². The number of nitrogens with two attached hydrogens (primary N) is 1. The second kappa shape index (κ2) is 4.22. The zero-order chi connectivity index (χ0) is 11.6. The topological polar surface area (TPSA) is 78.0 Å². The first-order valence-electron chi connectivity index (χ1n) is 4.75. The SMILES string of the molecule is Cc1cc(N)nn1CC(C)CS(C)(=O)=O. The molecule has 0 radical (unpaired) electrons. The number of nitrogens with zero attached hydrogens (tertiary/aromatic N) is 2. The van der Waals surface area contributed by atoms with Crippen LogP contribution in [0.3, 0.4) is 0 Å². The molecule has 1 unspecified atom stereocenters. The van der Waals surface area contributed by atoms with Crippen LogP contribution in [0.25, 0.3) is 0 Å². The van der Waals surface area contributed by atoms with Crippen molar-refractivity contribution in [1.29, 1.82) is 0 Å². The van der Waals surface area contributed by atoms with Gasteiger partial charge in [0, 0.05) is 24.6 Å². The molecular weight excluding hydrogens is 214 g/mol. The van der Waals surface area contributed by atoms with Gasteiger partial charge in [0.2, 0.25) is 0 Å². The maximum atomic E-state index is 11.1. The Hall–Kier alpha value is -1.04. The summed E-state index contributed by atoms with van der Waals surface area (Å²) >= 11 is 0. The minimum Gasteiger partial charge on any atom is -0.382 e. The highest BCUT2D eigenvalue weighted by atomic mass is 32.2. The van der Waals surface area contributed by atoms with E-state index in [1.165, 1.54) is 6.26 Å². The van der Waals surface area contributed by atoms with E-state index in [0.717, 1.165) is 5.69 Å². The smallest absolute Gasteiger partial charge is 0.147 e. The molecule has 0 amide bonds. The Labute approximate surface area is 90.2 Å². The summed E-state index contributed by atoms with van der Waals surface area (Å²) in [4.78, 5) is 0. The zero-order valence-corrected chi connectivity index (χ0v) is 10.1. The van der Waals surface area contributed by atoms with E-state index >= 15 is 0 Å². The maximum absolute atomic E-state index is 11.1. The lowest BCUT2D eigenvalue weighted by molar-refractivity contribution is 0.472. The first kappa shape index (κ1) is 12.0. The highest BCUT2D eigenvalue weighted by Gasteiger charge is 2.12. The number of aromatic nitrogens is 2. The van der Waals surface area contributed by atoms with Crippen LogP contribution in [0.4, 0.5) is 5.82 Å². The van der Waals surface area contributed by atoms with E-state index in [1.807, 2.05) is 13.8 Å². The molecule has 5 nitrogen and oxygen atoms in total. The largest absolute Gasteiger partial charge is 0.382 e. The lowest BCUT2D eigenvalue weighted by Crippen LogP contribution is -2.18. The molecule has 1 rings (SSSR count). The molecule has 1 aromatic rings. The fourth-order valence-electron chi connectivity index (χ4n) is 1.59. The highest BCUT2D eigenvalue weighted by molar-refractivity contribution is 7.90. The second-order valence-electron chi connectivity index (χ2n) is 4.09. The molecule has 0 aliphatic carbocycles. The van der Waals surface area contributed by atoms with Crippen LogP contribution in [-0.4, -0.2) is 30.2 Å². The van der Waals surface area contributed by atoms with Gasteiger partial charge in [0.1, 0.15) is 15.7 Å². The van der Waals surface area contributed by atoms with Crippen LogP contribution >= 0.6 is 0 Å². The maximum Gasteiger partial charge on any atom is 0.147 e. The Morgan fingerprint density at radius 2 is 2.20 bits per heavy atom. The normalized spacial score (nSPS) is 14.1. The molecule has 0 saturated carbocycles. The van der Waals surface area contributed by atoms with Gasteiger partial charge in [0.15, 0.2) is 0 Å². The van der Waals surface area contributed by atoms with Gasteiger partial charge < -0.3 is 5.73 Å². The Balaban J connectivity index is 2.66. The average Bonchev–Trinajstić information content (AvgIpc) is 2.25. The van der Waals surface area contributed by atoms with Crippen LogP contribution < -0.4 is 5.73 Å². The Bertz CT molecular complexity index is 436. The third-order valence-electron chi connectivity index (χ3n) is 2.07. The van der Waals surface area contributed by atoms with Crippen LogP contribution in [0.5, 0.6) is 0 Å². The van der Waals surface area contributed by atoms with Crippen molar-refractivity contribution < 1.29 is 8.42 Å². The van der Waals surface area contributed by atoms with E-state index in [0.29, 0.717) is 12.4 Å². The van der Waals surface area contributed by atoms with Gasteiger partial charge in [-0.3, -0.25) is 4.68 Å². The Kier molecular flexibility index (Phi) is 3.38. The molecule has 2 N–H and O–H groups in total. The molecule has 1 aromatic heterocycles. The summed E-state index contributed by atoms with van der Waals surface area (Å²) < 4.78 is 23.9. The summed E-state index contributed by atoms with van der Waals surface area (Å²) in [6.45, 7) is 4.37. The van der Waals surface area contributed by atoms with Gasteiger partial charge in [-0.05, 0) is 12.8 Å². The molecule has 0 aliphatic rings. The molecule has 1 heterocycles. The summed E-state index contributed by atoms with van der Waals surface area (Å²) in [6.07, 6.45) is 1.24. The van der Waals surface area contributed by atoms with Gasteiger partial charge in [-0.2, -0.15) is 5.10 Å². The van der Waals surface area contributed by atoms with Gasteiger partial charge in [-0.25, -0.2) is 8.42 Å². The number of rotatable bonds is 4. The number of hydrogen-bond donors (Lipinski definition) is 1. The van der Waals surface area contributed by atoms with Gasteiger partial charge >= 0.3 is 0 Å². The molecule has 0 fully saturated rings. The van der Waals surface area contributed by atoms with Crippen molar-refractivity contribution in [3.05, 3.63) is 11.8 Å². The van der Waals surface area contributed by atoms with Crippen molar-refractivity contribution >= 4 is 15.7 Å². The summed E-state index contributed by atoms with van der Waals surface area (Å²) in [5.74, 6) is 0.684. The molecule has 0 aromatic carbocycles. The van der Waals surface area contributed by atoms with Gasteiger partial charge in [0.25, 0.3) is 0 Å². The molecule has 0 saturated heterocycles. The number of anilines is 1. The number of sulfone groups is 1. The predicted octanol–water partition coefficient (Wildman–Crippen LogP) is 0.454. The summed E-state index contributed by atoms with van der Waals surface area (Å²) in [5, 5.41) is 4.08. The zero-order valence-electron chi connectivity index (χ0n) is 9.27. The monoisotopic (exact) mass is 231 g/mol. The van der Waals surface area contributed by atoms with Crippen molar-refractivity contribution in [1.82, 2.24) is 9.78 Å². The standard InChI is InChI=1S/C9H17N3O2S/c1-7(6-15(3,13)14)5-12-8(2)4-9(10)11-12/h4,7H,5-6H2,1-3H3,(H2,10,11). The molecule has 15 heavy (non-hydrogen) atoms. The first-order valence-corrected chi connectivity index (χ1v) is 6.81. The Morgan fingerprint density at radius 1 is 1.60 bits per heavy atom. The second-order valence-corrected chi connectivity index (χ2v) is 6.28. The lowest BCUT2D eigenvalue weighted by Gasteiger charge is -2.11. The van der Waals surface area contributed by atoms with Crippen LogP contribution in [0.15, 0.2) is 6.07 Å². The lowest BCUT2D eigenvalue weighted by atomic mass is 10.2. The van der Waals surface area contributed by atoms with E-state index in [1.54, 1.807) is 10.7 Å².